The van der Waals surface area contributed by atoms with Crippen molar-refractivity contribution in [3.63, 3.8) is 0 Å². The molecule has 2 atom stereocenters. The van der Waals surface area contributed by atoms with Crippen LogP contribution in [0, 0.1) is 30.5 Å². The molecule has 382 valence electrons. The third-order valence-electron chi connectivity index (χ3n) is 18.0. The maximum Gasteiger partial charge on any atom is 0.272 e. The number of halogens is 1. The molecule has 2 amide bonds. The molecule has 5 aromatic rings. The molecule has 72 heavy (non-hydrogen) atoms. The monoisotopic (exact) mass is 999 g/mol. The van der Waals surface area contributed by atoms with E-state index in [1.54, 1.807) is 29.2 Å². The molecule has 2 unspecified atom stereocenters. The van der Waals surface area contributed by atoms with Crippen molar-refractivity contribution in [2.75, 3.05) is 91.6 Å². The minimum absolute atomic E-state index is 0.00876. The van der Waals surface area contributed by atoms with Crippen LogP contribution in [-0.4, -0.2) is 163 Å². The Bertz CT molecular complexity index is 2830. The molecule has 4 saturated heterocycles. The molecule has 5 aliphatic heterocycles. The summed E-state index contributed by atoms with van der Waals surface area (Å²) in [6.45, 7) is 16.0. The summed E-state index contributed by atoms with van der Waals surface area (Å²) in [7, 11) is 0. The van der Waals surface area contributed by atoms with Crippen molar-refractivity contribution < 1.29 is 14.0 Å². The summed E-state index contributed by atoms with van der Waals surface area (Å²) in [5, 5.41) is 18.8. The largest absolute Gasteiger partial charge is 0.338 e. The minimum Gasteiger partial charge on any atom is -0.338 e. The Hall–Kier alpha value is -4.94. The molecule has 2 bridgehead atoms. The van der Waals surface area contributed by atoms with Crippen molar-refractivity contribution in [2.45, 2.75) is 109 Å². The molecular weight excluding hydrogens is 928 g/mol. The zero-order valence-corrected chi connectivity index (χ0v) is 42.9. The summed E-state index contributed by atoms with van der Waals surface area (Å²) < 4.78 is 17.6. The number of benzene rings is 2. The van der Waals surface area contributed by atoms with E-state index in [1.807, 2.05) is 28.4 Å². The molecule has 2 aromatic carbocycles. The number of amides is 2. The lowest BCUT2D eigenvalue weighted by Crippen LogP contribution is -2.55. The van der Waals surface area contributed by atoms with Gasteiger partial charge in [0.05, 0.1) is 41.5 Å². The van der Waals surface area contributed by atoms with Gasteiger partial charge in [-0.3, -0.25) is 24.2 Å². The van der Waals surface area contributed by atoms with Crippen molar-refractivity contribution in [2.24, 2.45) is 17.8 Å². The SMILES string of the molecule is Cc1sc(CN2CCCC2c2nnc3n2CCCCC3)nc1C12CC(CN3CCC(CN4CCN(CC(=O)N5CCN(C(=O)c6cc(Cc7n[nH]c(=O)c8ccccc78)ccc6F)CC5)CC4)CC3)C(C1)C2. The Labute approximate surface area is 426 Å². The second-order valence-electron chi connectivity index (χ2n) is 22.5. The summed E-state index contributed by atoms with van der Waals surface area (Å²) in [6.07, 6.45) is 14.0. The van der Waals surface area contributed by atoms with E-state index in [0.29, 0.717) is 61.7 Å². The fourth-order valence-corrected chi connectivity index (χ4v) is 15.1. The lowest BCUT2D eigenvalue weighted by molar-refractivity contribution is -0.134. The zero-order chi connectivity index (χ0) is 48.9. The van der Waals surface area contributed by atoms with Gasteiger partial charge in [-0.15, -0.1) is 21.5 Å². The maximum atomic E-state index is 15.1. The Morgan fingerprint density at radius 1 is 0.792 bits per heavy atom. The van der Waals surface area contributed by atoms with Crippen LogP contribution in [-0.2, 0) is 36.1 Å². The van der Waals surface area contributed by atoms with Gasteiger partial charge in [0.1, 0.15) is 22.5 Å². The molecule has 1 N–H and O–H groups in total. The van der Waals surface area contributed by atoms with Gasteiger partial charge < -0.3 is 24.2 Å². The number of hydrogen-bond donors (Lipinski definition) is 1. The van der Waals surface area contributed by atoms with E-state index in [2.05, 4.69) is 46.4 Å². The number of piperidine rings is 1. The summed E-state index contributed by atoms with van der Waals surface area (Å²) in [4.78, 5) is 60.1. The lowest BCUT2D eigenvalue weighted by atomic mass is 9.67. The standard InChI is InChI=1S/C55H71FN12O3S/c1-37-51(57-49(72-37)35-67-16-7-10-47(67)52-60-59-48-11-3-2-6-17-68(48)52)55-30-40(31-55)41(32-55)34-62-18-14-38(15-19-62)33-63-20-22-64(23-21-63)36-50(69)65-24-26-66(27-25-65)54(71)44-28-39(12-13-45(44)56)29-46-42-8-4-5-9-43(42)53(70)61-58-46/h4-5,8-9,12-13,28,38,40-41,47H,2-3,6-7,10-11,14-27,29-36H2,1H3,(H,61,70). The zero-order valence-electron chi connectivity index (χ0n) is 42.1. The highest BCUT2D eigenvalue weighted by Gasteiger charge is 2.58. The predicted octanol–water partition coefficient (Wildman–Crippen LogP) is 6.05. The average Bonchev–Trinajstić information content (AvgIpc) is 4.21. The van der Waals surface area contributed by atoms with Crippen LogP contribution in [0.2, 0.25) is 0 Å². The second kappa shape index (κ2) is 20.4. The number of hydrogen-bond acceptors (Lipinski definition) is 12. The highest BCUT2D eigenvalue weighted by atomic mass is 32.1. The van der Waals surface area contributed by atoms with Gasteiger partial charge in [0.2, 0.25) is 5.91 Å². The van der Waals surface area contributed by atoms with Crippen LogP contribution in [0.15, 0.2) is 47.3 Å². The molecule has 0 spiro atoms. The minimum atomic E-state index is -0.577. The first-order valence-electron chi connectivity index (χ1n) is 27.2. The fourth-order valence-electron chi connectivity index (χ4n) is 14.0. The molecule has 13 rings (SSSR count). The summed E-state index contributed by atoms with van der Waals surface area (Å²) in [6, 6.07) is 12.2. The van der Waals surface area contributed by atoms with Gasteiger partial charge in [0.15, 0.2) is 0 Å². The number of aromatic amines is 1. The summed E-state index contributed by atoms with van der Waals surface area (Å²) in [5.41, 5.74) is 2.84. The lowest BCUT2D eigenvalue weighted by Gasteiger charge is -2.40. The van der Waals surface area contributed by atoms with Crippen molar-refractivity contribution in [1.29, 1.82) is 0 Å². The number of thiazole rings is 1. The molecule has 3 saturated carbocycles. The van der Waals surface area contributed by atoms with Gasteiger partial charge in [0.25, 0.3) is 11.5 Å². The first kappa shape index (κ1) is 48.0. The number of aromatic nitrogens is 6. The van der Waals surface area contributed by atoms with Crippen LogP contribution in [0.4, 0.5) is 4.39 Å². The van der Waals surface area contributed by atoms with Crippen LogP contribution in [0.1, 0.15) is 119 Å². The second-order valence-corrected chi connectivity index (χ2v) is 23.8. The van der Waals surface area contributed by atoms with Crippen LogP contribution < -0.4 is 5.56 Å². The van der Waals surface area contributed by atoms with Gasteiger partial charge in [-0.25, -0.2) is 14.5 Å². The van der Waals surface area contributed by atoms with Crippen LogP contribution in [0.25, 0.3) is 10.8 Å². The molecule has 3 aliphatic carbocycles. The molecule has 15 nitrogen and oxygen atoms in total. The number of piperazine rings is 2. The Kier molecular flexibility index (Phi) is 13.6. The normalized spacial score (nSPS) is 25.8. The highest BCUT2D eigenvalue weighted by molar-refractivity contribution is 7.11. The summed E-state index contributed by atoms with van der Waals surface area (Å²) >= 11 is 1.95. The molecular formula is C55H71FN12O3S. The number of nitrogens with zero attached hydrogens (tertiary/aromatic N) is 11. The van der Waals surface area contributed by atoms with E-state index >= 15 is 4.39 Å². The van der Waals surface area contributed by atoms with E-state index in [4.69, 9.17) is 10.1 Å². The van der Waals surface area contributed by atoms with Crippen molar-refractivity contribution in [3.05, 3.63) is 103 Å². The average molecular weight is 999 g/mol. The van der Waals surface area contributed by atoms with Crippen molar-refractivity contribution in [3.8, 4) is 0 Å². The molecule has 7 fully saturated rings. The van der Waals surface area contributed by atoms with Crippen molar-refractivity contribution in [1.82, 2.24) is 59.3 Å². The van der Waals surface area contributed by atoms with Gasteiger partial charge in [-0.1, -0.05) is 30.7 Å². The van der Waals surface area contributed by atoms with Gasteiger partial charge >= 0.3 is 0 Å². The number of carbonyl (C=O) groups excluding carboxylic acids is 2. The number of fused-ring (bicyclic) bond motifs is 3. The highest BCUT2D eigenvalue weighted by Crippen LogP contribution is 2.63. The van der Waals surface area contributed by atoms with Gasteiger partial charge in [-0.05, 0) is 126 Å². The third-order valence-corrected chi connectivity index (χ3v) is 18.9. The molecule has 0 radical (unpaired) electrons. The fraction of sp³-hybridized carbons (Fsp3) is 0.618. The Morgan fingerprint density at radius 2 is 1.56 bits per heavy atom. The van der Waals surface area contributed by atoms with E-state index in [0.717, 1.165) is 87.5 Å². The number of rotatable bonds is 13. The molecule has 8 heterocycles. The quantitative estimate of drug-likeness (QED) is 0.147. The first-order valence-corrected chi connectivity index (χ1v) is 28.1. The first-order chi connectivity index (χ1) is 35.1. The number of aryl methyl sites for hydroxylation is 2. The smallest absolute Gasteiger partial charge is 0.272 e. The van der Waals surface area contributed by atoms with Crippen LogP contribution >= 0.6 is 11.3 Å². The molecule has 8 aliphatic rings. The third kappa shape index (κ3) is 9.68. The predicted molar refractivity (Wildman–Crippen MR) is 275 cm³/mol. The Morgan fingerprint density at radius 3 is 2.38 bits per heavy atom. The van der Waals surface area contributed by atoms with E-state index in [9.17, 15) is 14.4 Å². The Balaban J connectivity index is 0.556. The van der Waals surface area contributed by atoms with E-state index in [1.165, 1.54) is 117 Å². The van der Waals surface area contributed by atoms with Crippen LogP contribution in [0.3, 0.4) is 0 Å². The maximum absolute atomic E-state index is 15.1. The molecule has 17 heteroatoms. The van der Waals surface area contributed by atoms with E-state index in [-0.39, 0.29) is 22.9 Å². The topological polar surface area (TPSA) is 143 Å². The van der Waals surface area contributed by atoms with Crippen molar-refractivity contribution >= 4 is 33.9 Å². The van der Waals surface area contributed by atoms with Gasteiger partial charge in [0, 0.05) is 101 Å². The van der Waals surface area contributed by atoms with Crippen LogP contribution in [0.5, 0.6) is 0 Å². The number of nitrogens with one attached hydrogen (secondary N) is 1. The summed E-state index contributed by atoms with van der Waals surface area (Å²) in [5.74, 6) is 3.89. The van der Waals surface area contributed by atoms with Gasteiger partial charge in [-0.2, -0.15) is 5.10 Å². The number of carbonyl (C=O) groups is 2. The molecule has 3 aromatic heterocycles. The number of H-pyrrole nitrogens is 1. The number of likely N-dealkylation sites (tertiary alicyclic amines) is 2. The van der Waals surface area contributed by atoms with E-state index < -0.39 is 5.82 Å².